The topological polar surface area (TPSA) is 64.3 Å². The maximum Gasteiger partial charge on any atom is 0.239 e. The van der Waals surface area contributed by atoms with E-state index in [1.165, 1.54) is 5.56 Å². The van der Waals surface area contributed by atoms with Gasteiger partial charge >= 0.3 is 0 Å². The number of carbonyl (C=O) groups excluding carboxylic acids is 1. The van der Waals surface area contributed by atoms with Crippen LogP contribution in [-0.2, 0) is 11.2 Å². The van der Waals surface area contributed by atoms with Gasteiger partial charge in [-0.25, -0.2) is 0 Å². The van der Waals surface area contributed by atoms with Crippen LogP contribution < -0.4 is 15.8 Å². The Bertz CT molecular complexity index is 626. The second kappa shape index (κ2) is 7.61. The minimum absolute atomic E-state index is 0.373. The van der Waals surface area contributed by atoms with E-state index in [1.807, 2.05) is 49.4 Å². The largest absolute Gasteiger partial charge is 0.496 e. The first kappa shape index (κ1) is 16.0. The number of ether oxygens (including phenoxy) is 1. The predicted molar refractivity (Wildman–Crippen MR) is 87.8 cm³/mol. The lowest BCUT2D eigenvalue weighted by Crippen LogP contribution is -2.34. The van der Waals surface area contributed by atoms with Gasteiger partial charge in [0.05, 0.1) is 7.11 Å². The van der Waals surface area contributed by atoms with Crippen LogP contribution in [0.3, 0.4) is 0 Å². The number of rotatable bonds is 7. The van der Waals surface area contributed by atoms with Crippen LogP contribution in [-0.4, -0.2) is 19.6 Å². The average molecular weight is 298 g/mol. The Hall–Kier alpha value is -2.33. The summed E-state index contributed by atoms with van der Waals surface area (Å²) >= 11 is 0. The zero-order valence-corrected chi connectivity index (χ0v) is 13.0. The Labute approximate surface area is 131 Å². The van der Waals surface area contributed by atoms with Crippen molar-refractivity contribution >= 4 is 5.91 Å². The molecule has 0 radical (unpaired) electrons. The first-order chi connectivity index (χ1) is 10.6. The summed E-state index contributed by atoms with van der Waals surface area (Å²) in [5.41, 5.74) is 8.69. The number of methoxy groups -OCH3 is 1. The van der Waals surface area contributed by atoms with Crippen molar-refractivity contribution in [1.29, 1.82) is 0 Å². The van der Waals surface area contributed by atoms with Crippen molar-refractivity contribution in [3.63, 3.8) is 0 Å². The van der Waals surface area contributed by atoms with Gasteiger partial charge in [-0.15, -0.1) is 0 Å². The van der Waals surface area contributed by atoms with Crippen LogP contribution in [0.2, 0.25) is 0 Å². The smallest absolute Gasteiger partial charge is 0.239 e. The minimum atomic E-state index is -0.475. The summed E-state index contributed by atoms with van der Waals surface area (Å²) in [7, 11) is 1.66. The van der Waals surface area contributed by atoms with Crippen LogP contribution >= 0.6 is 0 Å². The summed E-state index contributed by atoms with van der Waals surface area (Å²) in [4.78, 5) is 11.7. The first-order valence-corrected chi connectivity index (χ1v) is 7.33. The van der Waals surface area contributed by atoms with Crippen molar-refractivity contribution < 1.29 is 9.53 Å². The van der Waals surface area contributed by atoms with E-state index in [1.54, 1.807) is 7.11 Å². The molecule has 0 bridgehead atoms. The molecule has 116 valence electrons. The third-order valence-corrected chi connectivity index (χ3v) is 3.60. The zero-order chi connectivity index (χ0) is 15.9. The fourth-order valence-electron chi connectivity index (χ4n) is 2.48. The van der Waals surface area contributed by atoms with E-state index in [4.69, 9.17) is 10.5 Å². The van der Waals surface area contributed by atoms with Gasteiger partial charge < -0.3 is 15.8 Å². The number of benzene rings is 2. The SMILES string of the molecule is COc1ccc(C)cc1CCNC(C(N)=O)c1ccccc1. The third kappa shape index (κ3) is 4.09. The van der Waals surface area contributed by atoms with Gasteiger partial charge in [0.2, 0.25) is 5.91 Å². The second-order valence-corrected chi connectivity index (χ2v) is 5.27. The maximum absolute atomic E-state index is 11.7. The molecule has 2 aromatic rings. The molecule has 0 heterocycles. The van der Waals surface area contributed by atoms with Crippen molar-refractivity contribution in [2.45, 2.75) is 19.4 Å². The number of hydrogen-bond acceptors (Lipinski definition) is 3. The molecule has 4 heteroatoms. The van der Waals surface area contributed by atoms with E-state index >= 15 is 0 Å². The molecule has 2 aromatic carbocycles. The van der Waals surface area contributed by atoms with E-state index in [0.29, 0.717) is 6.54 Å². The molecule has 2 rings (SSSR count). The van der Waals surface area contributed by atoms with Crippen molar-refractivity contribution in [3.8, 4) is 5.75 Å². The molecule has 0 spiro atoms. The molecule has 0 aliphatic rings. The van der Waals surface area contributed by atoms with Crippen LogP contribution in [0.1, 0.15) is 22.7 Å². The Morgan fingerprint density at radius 1 is 1.23 bits per heavy atom. The van der Waals surface area contributed by atoms with Gasteiger partial charge in [-0.2, -0.15) is 0 Å². The highest BCUT2D eigenvalue weighted by atomic mass is 16.5. The molecule has 0 saturated carbocycles. The lowest BCUT2D eigenvalue weighted by Gasteiger charge is -2.16. The molecule has 0 saturated heterocycles. The minimum Gasteiger partial charge on any atom is -0.496 e. The molecule has 0 aliphatic carbocycles. The quantitative estimate of drug-likeness (QED) is 0.825. The number of nitrogens with two attached hydrogens (primary N) is 1. The molecule has 0 fully saturated rings. The molecule has 4 nitrogen and oxygen atoms in total. The lowest BCUT2D eigenvalue weighted by molar-refractivity contribution is -0.120. The standard InChI is InChI=1S/C18H22N2O2/c1-13-8-9-16(22-2)15(12-13)10-11-20-17(18(19)21)14-6-4-3-5-7-14/h3-9,12,17,20H,10-11H2,1-2H3,(H2,19,21). The van der Waals surface area contributed by atoms with Crippen LogP contribution in [0.25, 0.3) is 0 Å². The molecule has 1 unspecified atom stereocenters. The first-order valence-electron chi connectivity index (χ1n) is 7.33. The van der Waals surface area contributed by atoms with Crippen molar-refractivity contribution in [2.24, 2.45) is 5.73 Å². The van der Waals surface area contributed by atoms with E-state index < -0.39 is 6.04 Å². The molecular formula is C18H22N2O2. The Balaban J connectivity index is 2.02. The fourth-order valence-corrected chi connectivity index (χ4v) is 2.48. The van der Waals surface area contributed by atoms with Crippen molar-refractivity contribution in [2.75, 3.05) is 13.7 Å². The molecule has 1 amide bonds. The number of nitrogens with one attached hydrogen (secondary N) is 1. The summed E-state index contributed by atoms with van der Waals surface area (Å²) in [5.74, 6) is 0.491. The predicted octanol–water partition coefficient (Wildman–Crippen LogP) is 2.36. The highest BCUT2D eigenvalue weighted by Gasteiger charge is 2.16. The van der Waals surface area contributed by atoms with Crippen LogP contribution in [0.4, 0.5) is 0 Å². The van der Waals surface area contributed by atoms with Gasteiger partial charge in [0, 0.05) is 6.54 Å². The van der Waals surface area contributed by atoms with Gasteiger partial charge in [-0.1, -0.05) is 48.0 Å². The second-order valence-electron chi connectivity index (χ2n) is 5.27. The number of carbonyl (C=O) groups is 1. The number of aryl methyl sites for hydroxylation is 1. The molecule has 22 heavy (non-hydrogen) atoms. The van der Waals surface area contributed by atoms with Crippen LogP contribution in [0, 0.1) is 6.92 Å². The molecule has 3 N–H and O–H groups in total. The Kier molecular flexibility index (Phi) is 5.55. The number of amides is 1. The summed E-state index contributed by atoms with van der Waals surface area (Å²) in [6.45, 7) is 2.69. The average Bonchev–Trinajstić information content (AvgIpc) is 2.52. The van der Waals surface area contributed by atoms with Gasteiger partial charge in [0.25, 0.3) is 0 Å². The summed E-state index contributed by atoms with van der Waals surface area (Å²) in [5, 5.41) is 3.22. The van der Waals surface area contributed by atoms with Crippen LogP contribution in [0.5, 0.6) is 5.75 Å². The highest BCUT2D eigenvalue weighted by molar-refractivity contribution is 5.81. The maximum atomic E-state index is 11.7. The van der Waals surface area contributed by atoms with Gasteiger partial charge in [-0.3, -0.25) is 4.79 Å². The third-order valence-electron chi connectivity index (χ3n) is 3.60. The summed E-state index contributed by atoms with van der Waals surface area (Å²) in [6, 6.07) is 15.1. The van der Waals surface area contributed by atoms with Crippen molar-refractivity contribution in [1.82, 2.24) is 5.32 Å². The van der Waals surface area contributed by atoms with E-state index in [9.17, 15) is 4.79 Å². The molecule has 0 aliphatic heterocycles. The highest BCUT2D eigenvalue weighted by Crippen LogP contribution is 2.20. The Morgan fingerprint density at radius 2 is 1.95 bits per heavy atom. The van der Waals surface area contributed by atoms with Crippen LogP contribution in [0.15, 0.2) is 48.5 Å². The van der Waals surface area contributed by atoms with Gasteiger partial charge in [0.15, 0.2) is 0 Å². The molecule has 1 atom stereocenters. The van der Waals surface area contributed by atoms with Crippen molar-refractivity contribution in [3.05, 3.63) is 65.2 Å². The summed E-state index contributed by atoms with van der Waals surface area (Å²) in [6.07, 6.45) is 0.765. The van der Waals surface area contributed by atoms with E-state index in [0.717, 1.165) is 23.3 Å². The van der Waals surface area contributed by atoms with E-state index in [-0.39, 0.29) is 5.91 Å². The van der Waals surface area contributed by atoms with Gasteiger partial charge in [-0.05, 0) is 30.5 Å². The lowest BCUT2D eigenvalue weighted by atomic mass is 10.0. The number of primary amides is 1. The molecular weight excluding hydrogens is 276 g/mol. The van der Waals surface area contributed by atoms with Gasteiger partial charge in [0.1, 0.15) is 11.8 Å². The monoisotopic (exact) mass is 298 g/mol. The Morgan fingerprint density at radius 3 is 2.59 bits per heavy atom. The fraction of sp³-hybridized carbons (Fsp3) is 0.278. The van der Waals surface area contributed by atoms with E-state index in [2.05, 4.69) is 11.4 Å². The summed E-state index contributed by atoms with van der Waals surface area (Å²) < 4.78 is 5.37. The number of hydrogen-bond donors (Lipinski definition) is 2. The molecule has 0 aromatic heterocycles. The normalized spacial score (nSPS) is 11.9. The zero-order valence-electron chi connectivity index (χ0n) is 13.0.